The number of hydrogen-bond donors (Lipinski definition) is 1. The number of hydrogen-bond acceptors (Lipinski definition) is 4. The van der Waals surface area contributed by atoms with Crippen molar-refractivity contribution in [2.24, 2.45) is 0 Å². The molecule has 0 spiro atoms. The Balaban J connectivity index is 1.59. The Bertz CT molecular complexity index is 1360. The van der Waals surface area contributed by atoms with Crippen molar-refractivity contribution in [1.29, 1.82) is 0 Å². The average Bonchev–Trinajstić information content (AvgIpc) is 2.81. The Labute approximate surface area is 201 Å². The van der Waals surface area contributed by atoms with Crippen LogP contribution in [0.5, 0.6) is 5.75 Å². The van der Waals surface area contributed by atoms with Crippen LogP contribution in [0.1, 0.15) is 22.3 Å². The summed E-state index contributed by atoms with van der Waals surface area (Å²) in [5.41, 5.74) is 1.44. The molecule has 1 aliphatic rings. The fourth-order valence-electron chi connectivity index (χ4n) is 3.72. The van der Waals surface area contributed by atoms with Crippen molar-refractivity contribution in [3.63, 3.8) is 0 Å². The van der Waals surface area contributed by atoms with Crippen molar-refractivity contribution in [3.05, 3.63) is 89.0 Å². The lowest BCUT2D eigenvalue weighted by atomic mass is 10.1. The van der Waals surface area contributed by atoms with Gasteiger partial charge in [0.2, 0.25) is 0 Å². The molecule has 1 N–H and O–H groups in total. The number of halogens is 3. The van der Waals surface area contributed by atoms with Gasteiger partial charge in [-0.3, -0.25) is 9.10 Å². The predicted molar refractivity (Wildman–Crippen MR) is 125 cm³/mol. The zero-order chi connectivity index (χ0) is 25.4. The van der Waals surface area contributed by atoms with Crippen LogP contribution >= 0.6 is 0 Å². The third kappa shape index (κ3) is 5.27. The van der Waals surface area contributed by atoms with Gasteiger partial charge in [0.1, 0.15) is 5.75 Å². The third-order valence-corrected chi connectivity index (χ3v) is 7.40. The van der Waals surface area contributed by atoms with E-state index < -0.39 is 33.8 Å². The Kier molecular flexibility index (Phi) is 6.50. The summed E-state index contributed by atoms with van der Waals surface area (Å²) in [7, 11) is -4.01. The van der Waals surface area contributed by atoms with E-state index >= 15 is 0 Å². The molecule has 184 valence electrons. The van der Waals surface area contributed by atoms with E-state index in [4.69, 9.17) is 4.74 Å². The molecule has 1 atom stereocenters. The lowest BCUT2D eigenvalue weighted by Crippen LogP contribution is -2.50. The fraction of sp³-hybridized carbons (Fsp3) is 0.240. The number of rotatable bonds is 5. The molecule has 1 heterocycles. The normalized spacial score (nSPS) is 15.8. The van der Waals surface area contributed by atoms with E-state index in [1.54, 1.807) is 37.3 Å². The topological polar surface area (TPSA) is 75.7 Å². The highest BCUT2D eigenvalue weighted by atomic mass is 32.2. The van der Waals surface area contributed by atoms with Crippen molar-refractivity contribution in [2.45, 2.75) is 37.6 Å². The van der Waals surface area contributed by atoms with Gasteiger partial charge < -0.3 is 10.1 Å². The number of nitrogens with one attached hydrogen (secondary N) is 1. The van der Waals surface area contributed by atoms with E-state index in [-0.39, 0.29) is 29.3 Å². The van der Waals surface area contributed by atoms with Crippen LogP contribution in [0.2, 0.25) is 0 Å². The first-order valence-electron chi connectivity index (χ1n) is 10.8. The summed E-state index contributed by atoms with van der Waals surface area (Å²) in [6.07, 6.45) is -5.70. The van der Waals surface area contributed by atoms with Crippen LogP contribution in [0.15, 0.2) is 71.6 Å². The molecule has 0 aromatic heterocycles. The van der Waals surface area contributed by atoms with Crippen LogP contribution in [-0.2, 0) is 27.5 Å². The minimum atomic E-state index is -4.50. The highest BCUT2D eigenvalue weighted by molar-refractivity contribution is 7.92. The van der Waals surface area contributed by atoms with Crippen LogP contribution in [0, 0.1) is 13.8 Å². The van der Waals surface area contributed by atoms with Crippen LogP contribution in [-0.4, -0.2) is 27.0 Å². The lowest BCUT2D eigenvalue weighted by Gasteiger charge is -2.35. The van der Waals surface area contributed by atoms with Gasteiger partial charge in [0.25, 0.3) is 15.9 Å². The summed E-state index contributed by atoms with van der Waals surface area (Å²) in [6.45, 7) is 3.18. The minimum absolute atomic E-state index is 0.0691. The van der Waals surface area contributed by atoms with Gasteiger partial charge in [0.05, 0.1) is 22.7 Å². The van der Waals surface area contributed by atoms with Crippen molar-refractivity contribution in [1.82, 2.24) is 5.32 Å². The highest BCUT2D eigenvalue weighted by Crippen LogP contribution is 2.38. The molecule has 3 aromatic carbocycles. The molecular formula is C25H23F3N2O4S. The van der Waals surface area contributed by atoms with E-state index in [1.807, 2.05) is 6.92 Å². The number of fused-ring (bicyclic) bond motifs is 1. The van der Waals surface area contributed by atoms with E-state index in [9.17, 15) is 26.4 Å². The maximum absolute atomic E-state index is 13.5. The molecule has 0 saturated carbocycles. The number of alkyl halides is 3. The molecule has 10 heteroatoms. The van der Waals surface area contributed by atoms with Gasteiger partial charge in [0.15, 0.2) is 6.10 Å². The van der Waals surface area contributed by atoms with Crippen LogP contribution in [0.4, 0.5) is 18.9 Å². The standard InChI is InChI=1S/C25H23F3N2O4S/c1-16-6-9-20(10-7-16)35(32,33)30-15-23(34-22-12-17(2)8-11-21(22)30)24(31)29-14-18-4-3-5-19(13-18)25(26,27)28/h3-13,23H,14-15H2,1-2H3,(H,29,31)/t23-/m1/s1. The van der Waals surface area contributed by atoms with Crippen molar-refractivity contribution in [2.75, 3.05) is 10.8 Å². The second-order valence-corrected chi connectivity index (χ2v) is 10.2. The van der Waals surface area contributed by atoms with Gasteiger partial charge in [-0.05, 0) is 61.4 Å². The van der Waals surface area contributed by atoms with Crippen LogP contribution in [0.25, 0.3) is 0 Å². The molecule has 4 rings (SSSR count). The number of carbonyl (C=O) groups is 1. The molecule has 0 aliphatic carbocycles. The Morgan fingerprint density at radius 2 is 1.71 bits per heavy atom. The largest absolute Gasteiger partial charge is 0.476 e. The number of nitrogens with zero attached hydrogens (tertiary/aromatic N) is 1. The van der Waals surface area contributed by atoms with Gasteiger partial charge in [-0.2, -0.15) is 13.2 Å². The Morgan fingerprint density at radius 3 is 2.40 bits per heavy atom. The van der Waals surface area contributed by atoms with Crippen LogP contribution < -0.4 is 14.4 Å². The van der Waals surface area contributed by atoms with Gasteiger partial charge >= 0.3 is 6.18 Å². The lowest BCUT2D eigenvalue weighted by molar-refractivity contribution is -0.137. The monoisotopic (exact) mass is 504 g/mol. The van der Waals surface area contributed by atoms with E-state index in [0.29, 0.717) is 5.69 Å². The maximum atomic E-state index is 13.5. The fourth-order valence-corrected chi connectivity index (χ4v) is 5.20. The van der Waals surface area contributed by atoms with E-state index in [1.165, 1.54) is 24.3 Å². The second-order valence-electron chi connectivity index (χ2n) is 8.34. The molecular weight excluding hydrogens is 481 g/mol. The summed E-state index contributed by atoms with van der Waals surface area (Å²) in [6, 6.07) is 16.0. The summed E-state index contributed by atoms with van der Waals surface area (Å²) in [4.78, 5) is 13.0. The van der Waals surface area contributed by atoms with Crippen molar-refractivity contribution in [3.8, 4) is 5.75 Å². The molecule has 0 saturated heterocycles. The van der Waals surface area contributed by atoms with E-state index in [2.05, 4.69) is 5.32 Å². The van der Waals surface area contributed by atoms with Crippen molar-refractivity contribution >= 4 is 21.6 Å². The summed E-state index contributed by atoms with van der Waals surface area (Å²) < 4.78 is 72.8. The maximum Gasteiger partial charge on any atom is 0.416 e. The molecule has 35 heavy (non-hydrogen) atoms. The highest BCUT2D eigenvalue weighted by Gasteiger charge is 2.37. The number of carbonyl (C=O) groups excluding carboxylic acids is 1. The third-order valence-electron chi connectivity index (χ3n) is 5.61. The number of aryl methyl sites for hydroxylation is 2. The number of amides is 1. The quantitative estimate of drug-likeness (QED) is 0.551. The molecule has 3 aromatic rings. The Morgan fingerprint density at radius 1 is 1.03 bits per heavy atom. The van der Waals surface area contributed by atoms with Gasteiger partial charge in [-0.1, -0.05) is 35.9 Å². The van der Waals surface area contributed by atoms with Crippen molar-refractivity contribution < 1.29 is 31.1 Å². The average molecular weight is 505 g/mol. The number of benzene rings is 3. The summed E-state index contributed by atoms with van der Waals surface area (Å²) in [5.74, 6) is -0.412. The summed E-state index contributed by atoms with van der Waals surface area (Å²) in [5, 5.41) is 2.56. The number of sulfonamides is 1. The zero-order valence-electron chi connectivity index (χ0n) is 19.0. The second kappa shape index (κ2) is 9.26. The summed E-state index contributed by atoms with van der Waals surface area (Å²) >= 11 is 0. The molecule has 0 fully saturated rings. The zero-order valence-corrected chi connectivity index (χ0v) is 19.8. The SMILES string of the molecule is Cc1ccc(S(=O)(=O)N2C[C@H](C(=O)NCc3cccc(C(F)(F)F)c3)Oc3cc(C)ccc32)cc1. The van der Waals surface area contributed by atoms with Crippen LogP contribution in [0.3, 0.4) is 0 Å². The first-order chi connectivity index (χ1) is 16.4. The van der Waals surface area contributed by atoms with Gasteiger partial charge in [-0.25, -0.2) is 8.42 Å². The first-order valence-corrected chi connectivity index (χ1v) is 12.2. The van der Waals surface area contributed by atoms with Gasteiger partial charge in [0, 0.05) is 6.54 Å². The molecule has 0 radical (unpaired) electrons. The minimum Gasteiger partial charge on any atom is -0.476 e. The number of anilines is 1. The van der Waals surface area contributed by atoms with Gasteiger partial charge in [-0.15, -0.1) is 0 Å². The predicted octanol–water partition coefficient (Wildman–Crippen LogP) is 4.59. The smallest absolute Gasteiger partial charge is 0.416 e. The Hall–Kier alpha value is -3.53. The molecule has 1 amide bonds. The number of ether oxygens (including phenoxy) is 1. The molecule has 6 nitrogen and oxygen atoms in total. The molecule has 1 aliphatic heterocycles. The van der Waals surface area contributed by atoms with E-state index in [0.717, 1.165) is 27.6 Å². The molecule has 0 unspecified atom stereocenters. The molecule has 0 bridgehead atoms. The first kappa shape index (κ1) is 24.6.